The molecule has 172 valence electrons. The molecule has 0 spiro atoms. The van der Waals surface area contributed by atoms with Crippen LogP contribution in [0.4, 0.5) is 0 Å². The molecule has 0 aromatic heterocycles. The van der Waals surface area contributed by atoms with Crippen molar-refractivity contribution in [1.82, 2.24) is 0 Å². The van der Waals surface area contributed by atoms with E-state index in [1.165, 1.54) is 7.11 Å². The molecule has 0 unspecified atom stereocenters. The van der Waals surface area contributed by atoms with Crippen molar-refractivity contribution in [2.45, 2.75) is 72.1 Å². The van der Waals surface area contributed by atoms with Crippen molar-refractivity contribution in [3.8, 4) is 11.5 Å². The highest BCUT2D eigenvalue weighted by Crippen LogP contribution is 2.29. The number of hydrogen-bond donors (Lipinski definition) is 0. The topological polar surface area (TPSA) is 78.9 Å². The molecule has 0 aliphatic carbocycles. The minimum Gasteiger partial charge on any atom is -0.493 e. The highest BCUT2D eigenvalue weighted by atomic mass is 16.6. The van der Waals surface area contributed by atoms with Crippen LogP contribution in [0.1, 0.15) is 71.3 Å². The van der Waals surface area contributed by atoms with Crippen LogP contribution < -0.4 is 9.47 Å². The molecule has 1 rings (SSSR count). The molecule has 0 radical (unpaired) electrons. The zero-order chi connectivity index (χ0) is 23.1. The van der Waals surface area contributed by atoms with Gasteiger partial charge in [0.05, 0.1) is 19.6 Å². The van der Waals surface area contributed by atoms with Crippen LogP contribution >= 0.6 is 0 Å². The summed E-state index contributed by atoms with van der Waals surface area (Å²) in [5.74, 6) is 0.285. The number of carbonyl (C=O) groups is 3. The van der Waals surface area contributed by atoms with Gasteiger partial charge >= 0.3 is 11.9 Å². The molecule has 0 fully saturated rings. The molecule has 0 heterocycles. The molecular weight excluding hydrogens is 396 g/mol. The number of carbonyl (C=O) groups excluding carboxylic acids is 3. The Morgan fingerprint density at radius 3 is 2.42 bits per heavy atom. The van der Waals surface area contributed by atoms with Gasteiger partial charge in [-0.1, -0.05) is 38.8 Å². The minimum atomic E-state index is -0.314. The second-order valence-corrected chi connectivity index (χ2v) is 7.69. The van der Waals surface area contributed by atoms with Crippen LogP contribution in [0.25, 0.3) is 0 Å². The third-order valence-corrected chi connectivity index (χ3v) is 4.68. The summed E-state index contributed by atoms with van der Waals surface area (Å²) in [4.78, 5) is 35.1. The molecule has 0 saturated carbocycles. The van der Waals surface area contributed by atoms with Gasteiger partial charge in [0.25, 0.3) is 0 Å². The Morgan fingerprint density at radius 1 is 1.00 bits per heavy atom. The number of methoxy groups -OCH3 is 1. The second kappa shape index (κ2) is 15.2. The summed E-state index contributed by atoms with van der Waals surface area (Å²) in [5, 5.41) is 0. The number of esters is 2. The van der Waals surface area contributed by atoms with Gasteiger partial charge in [-0.2, -0.15) is 0 Å². The van der Waals surface area contributed by atoms with Crippen molar-refractivity contribution < 1.29 is 28.6 Å². The van der Waals surface area contributed by atoms with E-state index in [9.17, 15) is 14.4 Å². The van der Waals surface area contributed by atoms with E-state index in [1.54, 1.807) is 32.1 Å². The summed E-state index contributed by atoms with van der Waals surface area (Å²) in [6.45, 7) is 5.79. The molecule has 6 nitrogen and oxygen atoms in total. The van der Waals surface area contributed by atoms with E-state index in [1.807, 2.05) is 19.1 Å². The van der Waals surface area contributed by atoms with Crippen LogP contribution in [-0.4, -0.2) is 31.4 Å². The number of unbranched alkanes of at least 4 members (excludes halogenated alkanes) is 4. The normalized spacial score (nSPS) is 11.0. The minimum absolute atomic E-state index is 0.0802. The van der Waals surface area contributed by atoms with Crippen LogP contribution in [0.3, 0.4) is 0 Å². The molecule has 0 N–H and O–H groups in total. The lowest BCUT2D eigenvalue weighted by Gasteiger charge is -2.12. The number of ketones is 1. The monoisotopic (exact) mass is 432 g/mol. The maximum absolute atomic E-state index is 12.1. The highest BCUT2D eigenvalue weighted by molar-refractivity contribution is 5.89. The SMILES string of the molecule is CCOC(=O)CCCCCCC=CC(=O)CCc1ccc(OC(=O)C(C)C)c(OC)c1. The number of aryl methyl sites for hydroxylation is 1. The molecule has 6 heteroatoms. The van der Waals surface area contributed by atoms with Crippen molar-refractivity contribution in [1.29, 1.82) is 0 Å². The van der Waals surface area contributed by atoms with E-state index in [0.29, 0.717) is 37.4 Å². The predicted octanol–water partition coefficient (Wildman–Crippen LogP) is 5.22. The molecule has 1 aromatic rings. The van der Waals surface area contributed by atoms with Gasteiger partial charge in [-0.25, -0.2) is 0 Å². The third-order valence-electron chi connectivity index (χ3n) is 4.68. The summed E-state index contributed by atoms with van der Waals surface area (Å²) in [6, 6.07) is 5.35. The maximum Gasteiger partial charge on any atom is 0.313 e. The number of benzene rings is 1. The van der Waals surface area contributed by atoms with Gasteiger partial charge in [0.15, 0.2) is 17.3 Å². The van der Waals surface area contributed by atoms with Crippen molar-refractivity contribution in [2.24, 2.45) is 5.92 Å². The fourth-order valence-corrected chi connectivity index (χ4v) is 2.86. The van der Waals surface area contributed by atoms with Crippen molar-refractivity contribution in [2.75, 3.05) is 13.7 Å². The first-order chi connectivity index (χ1) is 14.9. The molecule has 0 amide bonds. The van der Waals surface area contributed by atoms with Crippen LogP contribution in [0.5, 0.6) is 11.5 Å². The van der Waals surface area contributed by atoms with Crippen molar-refractivity contribution >= 4 is 17.7 Å². The van der Waals surface area contributed by atoms with Crippen LogP contribution in [0, 0.1) is 5.92 Å². The van der Waals surface area contributed by atoms with Gasteiger partial charge in [-0.15, -0.1) is 0 Å². The van der Waals surface area contributed by atoms with Crippen molar-refractivity contribution in [3.05, 3.63) is 35.9 Å². The number of hydrogen-bond acceptors (Lipinski definition) is 6. The summed E-state index contributed by atoms with van der Waals surface area (Å²) < 4.78 is 15.5. The van der Waals surface area contributed by atoms with Crippen LogP contribution in [0.15, 0.2) is 30.4 Å². The lowest BCUT2D eigenvalue weighted by Crippen LogP contribution is -2.15. The molecule has 0 aliphatic rings. The lowest BCUT2D eigenvalue weighted by molar-refractivity contribution is -0.143. The van der Waals surface area contributed by atoms with E-state index in [0.717, 1.165) is 37.7 Å². The number of rotatable bonds is 15. The maximum atomic E-state index is 12.1. The summed E-state index contributed by atoms with van der Waals surface area (Å²) >= 11 is 0. The van der Waals surface area contributed by atoms with Crippen LogP contribution in [-0.2, 0) is 25.5 Å². The molecule has 0 atom stereocenters. The molecule has 0 saturated heterocycles. The zero-order valence-corrected chi connectivity index (χ0v) is 19.3. The smallest absolute Gasteiger partial charge is 0.313 e. The van der Waals surface area contributed by atoms with Gasteiger partial charge in [0, 0.05) is 12.8 Å². The average molecular weight is 433 g/mol. The largest absolute Gasteiger partial charge is 0.493 e. The highest BCUT2D eigenvalue weighted by Gasteiger charge is 2.14. The Morgan fingerprint density at radius 2 is 1.74 bits per heavy atom. The van der Waals surface area contributed by atoms with Gasteiger partial charge < -0.3 is 14.2 Å². The zero-order valence-electron chi connectivity index (χ0n) is 19.3. The van der Waals surface area contributed by atoms with Gasteiger partial charge in [0.2, 0.25) is 0 Å². The van der Waals surface area contributed by atoms with E-state index in [4.69, 9.17) is 14.2 Å². The number of allylic oxidation sites excluding steroid dienone is 2. The van der Waals surface area contributed by atoms with Crippen molar-refractivity contribution in [3.63, 3.8) is 0 Å². The fourth-order valence-electron chi connectivity index (χ4n) is 2.86. The Labute approximate surface area is 186 Å². The molecule has 0 bridgehead atoms. The Kier molecular flexibility index (Phi) is 13.0. The van der Waals surface area contributed by atoms with E-state index < -0.39 is 0 Å². The Bertz CT molecular complexity index is 736. The first-order valence-corrected chi connectivity index (χ1v) is 11.1. The van der Waals surface area contributed by atoms with E-state index in [2.05, 4.69) is 0 Å². The standard InChI is InChI=1S/C25H36O6/c1-5-30-24(27)13-11-9-7-6-8-10-12-21(26)16-14-20-15-17-22(23(18-20)29-4)31-25(28)19(2)3/h10,12,15,17-19H,5-9,11,13-14,16H2,1-4H3. The summed E-state index contributed by atoms with van der Waals surface area (Å²) in [7, 11) is 1.52. The van der Waals surface area contributed by atoms with Gasteiger partial charge in [-0.05, 0) is 56.4 Å². The predicted molar refractivity (Wildman–Crippen MR) is 120 cm³/mol. The first kappa shape index (κ1) is 26.4. The van der Waals surface area contributed by atoms with E-state index >= 15 is 0 Å². The lowest BCUT2D eigenvalue weighted by atomic mass is 10.1. The van der Waals surface area contributed by atoms with Gasteiger partial charge in [0.1, 0.15) is 0 Å². The quantitative estimate of drug-likeness (QED) is 0.164. The molecule has 0 aliphatic heterocycles. The Balaban J connectivity index is 2.31. The average Bonchev–Trinajstić information content (AvgIpc) is 2.74. The first-order valence-electron chi connectivity index (χ1n) is 11.1. The second-order valence-electron chi connectivity index (χ2n) is 7.69. The fraction of sp³-hybridized carbons (Fsp3) is 0.560. The molecule has 31 heavy (non-hydrogen) atoms. The van der Waals surface area contributed by atoms with Crippen LogP contribution in [0.2, 0.25) is 0 Å². The molecular formula is C25H36O6. The number of ether oxygens (including phenoxy) is 3. The van der Waals surface area contributed by atoms with Gasteiger partial charge in [-0.3, -0.25) is 14.4 Å². The van der Waals surface area contributed by atoms with E-state index in [-0.39, 0.29) is 23.6 Å². The third kappa shape index (κ3) is 11.4. The molecule has 1 aromatic carbocycles. The Hall–Kier alpha value is -2.63. The summed E-state index contributed by atoms with van der Waals surface area (Å²) in [6.07, 6.45) is 9.77. The summed E-state index contributed by atoms with van der Waals surface area (Å²) in [5.41, 5.74) is 0.949.